The fourth-order valence-electron chi connectivity index (χ4n) is 4.98. The lowest BCUT2D eigenvalue weighted by atomic mass is 9.80. The third-order valence-corrected chi connectivity index (χ3v) is 6.15. The van der Waals surface area contributed by atoms with Crippen LogP contribution in [0.1, 0.15) is 51.3 Å². The van der Waals surface area contributed by atoms with Gasteiger partial charge in [0.1, 0.15) is 7.05 Å². The Morgan fingerprint density at radius 2 is 1.84 bits per heavy atom. The Bertz CT molecular complexity index is 1170. The number of benzene rings is 2. The molecule has 0 atom stereocenters. The summed E-state index contributed by atoms with van der Waals surface area (Å²) in [7, 11) is 1.97. The van der Waals surface area contributed by atoms with Crippen molar-refractivity contribution < 1.29 is 8.68 Å². The summed E-state index contributed by atoms with van der Waals surface area (Å²) in [5, 5.41) is 0. The summed E-state index contributed by atoms with van der Waals surface area (Å²) in [6, 6.07) is 12.9. The van der Waals surface area contributed by atoms with E-state index in [1.54, 1.807) is 6.20 Å². The smallest absolute Gasteiger partial charge is 0.200 e. The van der Waals surface area contributed by atoms with E-state index in [4.69, 9.17) is 4.11 Å². The molecule has 0 fully saturated rings. The molecule has 1 nitrogen and oxygen atoms in total. The van der Waals surface area contributed by atoms with Gasteiger partial charge in [0.2, 0.25) is 5.69 Å². The zero-order valence-electron chi connectivity index (χ0n) is 18.2. The van der Waals surface area contributed by atoms with Gasteiger partial charge in [-0.3, -0.25) is 0 Å². The molecule has 5 rings (SSSR count). The first-order valence-corrected chi connectivity index (χ1v) is 8.91. The van der Waals surface area contributed by atoms with Gasteiger partial charge in [-0.25, -0.2) is 4.57 Å². The molecule has 124 valence electrons. The number of aryl methyl sites for hydroxylation is 2. The predicted molar refractivity (Wildman–Crippen MR) is 103 cm³/mol. The Kier molecular flexibility index (Phi) is 2.21. The van der Waals surface area contributed by atoms with Crippen molar-refractivity contribution in [3.63, 3.8) is 0 Å². The molecule has 1 aromatic heterocycles. The Morgan fingerprint density at radius 3 is 2.64 bits per heavy atom. The third kappa shape index (κ3) is 1.76. The topological polar surface area (TPSA) is 3.88 Å². The molecule has 25 heavy (non-hydrogen) atoms. The van der Waals surface area contributed by atoms with Crippen LogP contribution in [0.4, 0.5) is 0 Å². The molecule has 1 heteroatoms. The average molecular weight is 329 g/mol. The minimum absolute atomic E-state index is 0.224. The average Bonchev–Trinajstić information content (AvgIpc) is 3.09. The highest BCUT2D eigenvalue weighted by molar-refractivity contribution is 5.89. The Balaban J connectivity index is 1.85. The molecular formula is C24H24N+. The number of aromatic nitrogens is 1. The van der Waals surface area contributed by atoms with E-state index in [1.165, 1.54) is 38.9 Å². The van der Waals surface area contributed by atoms with E-state index in [0.29, 0.717) is 5.56 Å². The van der Waals surface area contributed by atoms with Crippen LogP contribution in [0.3, 0.4) is 0 Å². The molecule has 0 bridgehead atoms. The van der Waals surface area contributed by atoms with Crippen LogP contribution in [0.15, 0.2) is 42.6 Å². The summed E-state index contributed by atoms with van der Waals surface area (Å²) in [5.41, 5.74) is 11.8. The largest absolute Gasteiger partial charge is 0.216 e. The molecule has 0 unspecified atom stereocenters. The number of pyridine rings is 1. The number of nitrogens with zero attached hydrogens (tertiary/aromatic N) is 1. The van der Waals surface area contributed by atoms with Crippen molar-refractivity contribution >= 4 is 0 Å². The van der Waals surface area contributed by atoms with E-state index in [2.05, 4.69) is 51.1 Å². The second-order valence-electron chi connectivity index (χ2n) is 8.02. The summed E-state index contributed by atoms with van der Waals surface area (Å²) in [5.74, 6) is 0. The van der Waals surface area contributed by atoms with E-state index in [9.17, 15) is 0 Å². The Morgan fingerprint density at radius 1 is 1.04 bits per heavy atom. The van der Waals surface area contributed by atoms with Crippen molar-refractivity contribution in [2.45, 2.75) is 39.5 Å². The van der Waals surface area contributed by atoms with Crippen LogP contribution in [-0.2, 0) is 18.9 Å². The molecule has 0 saturated heterocycles. The van der Waals surface area contributed by atoms with Gasteiger partial charge >= 0.3 is 0 Å². The quantitative estimate of drug-likeness (QED) is 0.399. The first kappa shape index (κ1) is 12.0. The Hall–Kier alpha value is -2.41. The number of fused-ring (bicyclic) bond motifs is 6. The predicted octanol–water partition coefficient (Wildman–Crippen LogP) is 5.01. The molecule has 0 aliphatic heterocycles. The molecule has 0 saturated carbocycles. The van der Waals surface area contributed by atoms with Crippen LogP contribution in [0.25, 0.3) is 22.4 Å². The number of hydrogen-bond acceptors (Lipinski definition) is 0. The first-order valence-electron chi connectivity index (χ1n) is 10.4. The molecule has 2 aliphatic carbocycles. The van der Waals surface area contributed by atoms with Crippen LogP contribution in [0, 0.1) is 13.8 Å². The van der Waals surface area contributed by atoms with Crippen LogP contribution in [-0.4, -0.2) is 0 Å². The molecule has 2 aliphatic rings. The van der Waals surface area contributed by atoms with E-state index < -0.39 is 6.85 Å². The van der Waals surface area contributed by atoms with Crippen molar-refractivity contribution in [3.05, 3.63) is 76.0 Å². The lowest BCUT2D eigenvalue weighted by molar-refractivity contribution is -0.660. The summed E-state index contributed by atoms with van der Waals surface area (Å²) in [6.07, 6.45) is 2.75. The summed E-state index contributed by atoms with van der Waals surface area (Å²) >= 11 is 0. The number of hydrogen-bond donors (Lipinski definition) is 0. The van der Waals surface area contributed by atoms with Crippen LogP contribution >= 0.6 is 0 Å². The summed E-state index contributed by atoms with van der Waals surface area (Å²) < 4.78 is 25.6. The SMILES string of the molecule is [2H]C([2H])([2H])c1cc2c([n+](C)c1)-c1c(cc3c(c1C)-c1ccccc1C3)C2(C)C. The van der Waals surface area contributed by atoms with Crippen molar-refractivity contribution in [2.24, 2.45) is 7.05 Å². The highest BCUT2D eigenvalue weighted by Gasteiger charge is 2.43. The molecule has 3 aromatic rings. The van der Waals surface area contributed by atoms with E-state index in [0.717, 1.165) is 17.7 Å². The zero-order chi connectivity index (χ0) is 20.0. The van der Waals surface area contributed by atoms with Gasteiger partial charge < -0.3 is 0 Å². The fraction of sp³-hybridized carbons (Fsp3) is 0.292. The molecule has 1 heterocycles. The maximum Gasteiger partial charge on any atom is 0.216 e. The Labute approximate surface area is 154 Å². The molecule has 0 N–H and O–H groups in total. The van der Waals surface area contributed by atoms with Gasteiger partial charge in [-0.1, -0.05) is 44.2 Å². The lowest BCUT2D eigenvalue weighted by Crippen LogP contribution is -2.32. The van der Waals surface area contributed by atoms with Crippen molar-refractivity contribution in [2.75, 3.05) is 0 Å². The van der Waals surface area contributed by atoms with E-state index in [1.807, 2.05) is 17.7 Å². The summed E-state index contributed by atoms with van der Waals surface area (Å²) in [6.45, 7) is 4.56. The molecular weight excluding hydrogens is 302 g/mol. The number of rotatable bonds is 0. The van der Waals surface area contributed by atoms with Crippen molar-refractivity contribution in [3.8, 4) is 22.4 Å². The van der Waals surface area contributed by atoms with E-state index in [-0.39, 0.29) is 5.41 Å². The fourth-order valence-corrected chi connectivity index (χ4v) is 4.98. The van der Waals surface area contributed by atoms with Gasteiger partial charge in [-0.2, -0.15) is 0 Å². The normalized spacial score (nSPS) is 17.8. The lowest BCUT2D eigenvalue weighted by Gasteiger charge is -2.21. The van der Waals surface area contributed by atoms with Gasteiger partial charge in [0.05, 0.1) is 5.56 Å². The standard InChI is InChI=1S/C24H24N/c1-14-10-20-23(25(5)13-14)22-15(2)21-17(12-19(22)24(20,3)4)11-16-8-6-7-9-18(16)21/h6-10,12-13H,11H2,1-5H3/q+1/i1D3. The van der Waals surface area contributed by atoms with Gasteiger partial charge in [0.15, 0.2) is 6.20 Å². The van der Waals surface area contributed by atoms with Crippen LogP contribution in [0.2, 0.25) is 0 Å². The zero-order valence-corrected chi connectivity index (χ0v) is 15.2. The first-order chi connectivity index (χ1) is 13.1. The highest BCUT2D eigenvalue weighted by Crippen LogP contribution is 2.53. The minimum atomic E-state index is -2.10. The van der Waals surface area contributed by atoms with Gasteiger partial charge in [0, 0.05) is 20.7 Å². The van der Waals surface area contributed by atoms with Gasteiger partial charge in [-0.05, 0) is 59.6 Å². The summed E-state index contributed by atoms with van der Waals surface area (Å²) in [4.78, 5) is 0. The maximum absolute atomic E-state index is 7.87. The monoisotopic (exact) mass is 329 g/mol. The third-order valence-electron chi connectivity index (χ3n) is 6.15. The van der Waals surface area contributed by atoms with Crippen LogP contribution in [0.5, 0.6) is 0 Å². The second kappa shape index (κ2) is 4.60. The van der Waals surface area contributed by atoms with Gasteiger partial charge in [-0.15, -0.1) is 0 Å². The van der Waals surface area contributed by atoms with Crippen molar-refractivity contribution in [1.82, 2.24) is 0 Å². The van der Waals surface area contributed by atoms with E-state index >= 15 is 0 Å². The van der Waals surface area contributed by atoms with Gasteiger partial charge in [0.25, 0.3) is 0 Å². The molecule has 0 spiro atoms. The van der Waals surface area contributed by atoms with Crippen LogP contribution < -0.4 is 4.57 Å². The highest BCUT2D eigenvalue weighted by atomic mass is 14.9. The second-order valence-corrected chi connectivity index (χ2v) is 8.02. The molecule has 2 aromatic carbocycles. The molecule has 0 amide bonds. The van der Waals surface area contributed by atoms with Crippen molar-refractivity contribution in [1.29, 1.82) is 0 Å². The maximum atomic E-state index is 7.87. The minimum Gasteiger partial charge on any atom is -0.200 e. The molecule has 0 radical (unpaired) electrons.